The number of ether oxygens (including phenoxy) is 1. The topological polar surface area (TPSA) is 113 Å². The number of carboxylic acids is 1. The molecule has 0 aliphatic carbocycles. The summed E-state index contributed by atoms with van der Waals surface area (Å²) >= 11 is 0. The normalized spacial score (nSPS) is 13.2. The van der Waals surface area contributed by atoms with Gasteiger partial charge in [-0.25, -0.2) is 4.79 Å². The highest BCUT2D eigenvalue weighted by atomic mass is 16.5. The number of nitrogens with one attached hydrogen (secondary N) is 3. The van der Waals surface area contributed by atoms with Crippen LogP contribution in [-0.4, -0.2) is 46.9 Å². The standard InChI is InChI=1S/C34H38N4O4/c1-25(37-31(33(39)40)22-29-19-11-12-20-35-29)21-32(38-34(41)42-24-26-13-5-2-6-14-26)36-23-30(27-15-7-3-8-16-27)28-17-9-4-10-18-28/h2-20,25,30-32,36-37H,21-24H2,1H3,(H,38,41)(H,39,40)/t25?,31-,32?/m0/s1. The molecule has 2 unspecified atom stereocenters. The number of carbonyl (C=O) groups excluding carboxylic acids is 1. The minimum absolute atomic E-state index is 0.0382. The third kappa shape index (κ3) is 9.83. The van der Waals surface area contributed by atoms with E-state index in [4.69, 9.17) is 4.74 Å². The Morgan fingerprint density at radius 2 is 1.43 bits per heavy atom. The van der Waals surface area contributed by atoms with Gasteiger partial charge in [0.05, 0.1) is 6.17 Å². The number of benzene rings is 3. The van der Waals surface area contributed by atoms with Crippen LogP contribution in [0, 0.1) is 0 Å². The molecule has 0 fully saturated rings. The summed E-state index contributed by atoms with van der Waals surface area (Å²) in [6, 6.07) is 34.3. The zero-order valence-corrected chi connectivity index (χ0v) is 23.7. The number of carbonyl (C=O) groups is 2. The number of hydrogen-bond acceptors (Lipinski definition) is 6. The average molecular weight is 567 g/mol. The molecule has 4 N–H and O–H groups in total. The van der Waals surface area contributed by atoms with E-state index in [0.29, 0.717) is 18.7 Å². The van der Waals surface area contributed by atoms with Gasteiger partial charge in [0.1, 0.15) is 12.6 Å². The van der Waals surface area contributed by atoms with E-state index in [-0.39, 0.29) is 25.0 Å². The largest absolute Gasteiger partial charge is 0.480 e. The third-order valence-electron chi connectivity index (χ3n) is 6.99. The van der Waals surface area contributed by atoms with Crippen molar-refractivity contribution in [2.45, 2.75) is 50.5 Å². The van der Waals surface area contributed by atoms with Gasteiger partial charge in [-0.05, 0) is 42.2 Å². The number of aliphatic carboxylic acids is 1. The fourth-order valence-corrected chi connectivity index (χ4v) is 4.87. The Morgan fingerprint density at radius 1 is 0.833 bits per heavy atom. The molecule has 4 rings (SSSR count). The SMILES string of the molecule is CC(CC(NCC(c1ccccc1)c1ccccc1)NC(=O)OCc1ccccc1)N[C@@H](Cc1ccccn1)C(=O)O. The number of hydrogen-bond donors (Lipinski definition) is 4. The van der Waals surface area contributed by atoms with Crippen molar-refractivity contribution in [2.24, 2.45) is 0 Å². The number of pyridine rings is 1. The maximum absolute atomic E-state index is 12.9. The molecule has 0 spiro atoms. The van der Waals surface area contributed by atoms with E-state index in [2.05, 4.69) is 45.2 Å². The zero-order valence-electron chi connectivity index (χ0n) is 23.7. The summed E-state index contributed by atoms with van der Waals surface area (Å²) in [5, 5.41) is 19.6. The quantitative estimate of drug-likeness (QED) is 0.148. The summed E-state index contributed by atoms with van der Waals surface area (Å²) in [6.07, 6.45) is 1.27. The highest BCUT2D eigenvalue weighted by Gasteiger charge is 2.24. The predicted octanol–water partition coefficient (Wildman–Crippen LogP) is 5.12. The summed E-state index contributed by atoms with van der Waals surface area (Å²) in [4.78, 5) is 29.2. The molecule has 1 aromatic heterocycles. The molecule has 0 saturated heterocycles. The molecule has 1 heterocycles. The minimum atomic E-state index is -0.958. The molecule has 0 aliphatic rings. The van der Waals surface area contributed by atoms with Crippen LogP contribution in [0.4, 0.5) is 4.79 Å². The first kappa shape index (κ1) is 30.4. The van der Waals surface area contributed by atoms with Gasteiger partial charge in [0.2, 0.25) is 0 Å². The van der Waals surface area contributed by atoms with Crippen molar-refractivity contribution in [3.05, 3.63) is 138 Å². The van der Waals surface area contributed by atoms with Gasteiger partial charge in [-0.3, -0.25) is 15.1 Å². The van der Waals surface area contributed by atoms with E-state index in [1.165, 1.54) is 0 Å². The number of alkyl carbamates (subject to hydrolysis) is 1. The van der Waals surface area contributed by atoms with Gasteiger partial charge in [0, 0.05) is 36.8 Å². The van der Waals surface area contributed by atoms with Gasteiger partial charge >= 0.3 is 12.1 Å². The number of nitrogens with zero attached hydrogens (tertiary/aromatic N) is 1. The second kappa shape index (κ2) is 16.0. The average Bonchev–Trinajstić information content (AvgIpc) is 3.02. The monoisotopic (exact) mass is 566 g/mol. The van der Waals surface area contributed by atoms with Crippen LogP contribution in [-0.2, 0) is 22.6 Å². The summed E-state index contributed by atoms with van der Waals surface area (Å²) in [5.74, 6) is -0.920. The molecule has 4 aromatic rings. The summed E-state index contributed by atoms with van der Waals surface area (Å²) in [5.41, 5.74) is 3.87. The number of amides is 1. The van der Waals surface area contributed by atoms with Crippen LogP contribution >= 0.6 is 0 Å². The van der Waals surface area contributed by atoms with Crippen LogP contribution in [0.25, 0.3) is 0 Å². The number of aromatic nitrogens is 1. The second-order valence-corrected chi connectivity index (χ2v) is 10.3. The van der Waals surface area contributed by atoms with E-state index < -0.39 is 24.3 Å². The predicted molar refractivity (Wildman–Crippen MR) is 163 cm³/mol. The second-order valence-electron chi connectivity index (χ2n) is 10.3. The van der Waals surface area contributed by atoms with E-state index in [9.17, 15) is 14.7 Å². The number of rotatable bonds is 15. The van der Waals surface area contributed by atoms with Crippen LogP contribution in [0.1, 0.15) is 41.6 Å². The molecule has 3 atom stereocenters. The van der Waals surface area contributed by atoms with Crippen LogP contribution in [0.2, 0.25) is 0 Å². The van der Waals surface area contributed by atoms with Gasteiger partial charge < -0.3 is 20.5 Å². The Labute approximate surface area is 247 Å². The summed E-state index contributed by atoms with van der Waals surface area (Å²) in [6.45, 7) is 2.60. The van der Waals surface area contributed by atoms with Crippen molar-refractivity contribution in [3.63, 3.8) is 0 Å². The molecule has 3 aromatic carbocycles. The highest BCUT2D eigenvalue weighted by molar-refractivity contribution is 5.73. The Balaban J connectivity index is 1.45. The van der Waals surface area contributed by atoms with Crippen molar-refractivity contribution in [2.75, 3.05) is 6.54 Å². The molecular weight excluding hydrogens is 528 g/mol. The van der Waals surface area contributed by atoms with Crippen molar-refractivity contribution in [3.8, 4) is 0 Å². The van der Waals surface area contributed by atoms with E-state index in [0.717, 1.165) is 16.7 Å². The first-order chi connectivity index (χ1) is 20.5. The summed E-state index contributed by atoms with van der Waals surface area (Å²) in [7, 11) is 0. The Hall–Kier alpha value is -4.53. The molecule has 218 valence electrons. The Morgan fingerprint density at radius 3 is 2.00 bits per heavy atom. The lowest BCUT2D eigenvalue weighted by molar-refractivity contribution is -0.139. The van der Waals surface area contributed by atoms with Crippen molar-refractivity contribution in [1.29, 1.82) is 0 Å². The maximum Gasteiger partial charge on any atom is 0.408 e. The van der Waals surface area contributed by atoms with Crippen LogP contribution in [0.3, 0.4) is 0 Å². The van der Waals surface area contributed by atoms with Crippen molar-refractivity contribution < 1.29 is 19.4 Å². The molecule has 42 heavy (non-hydrogen) atoms. The van der Waals surface area contributed by atoms with Crippen molar-refractivity contribution >= 4 is 12.1 Å². The minimum Gasteiger partial charge on any atom is -0.480 e. The Kier molecular flexibility index (Phi) is 11.6. The fraction of sp³-hybridized carbons (Fsp3) is 0.265. The lowest BCUT2D eigenvalue weighted by Crippen LogP contribution is -2.52. The van der Waals surface area contributed by atoms with E-state index in [1.54, 1.807) is 12.3 Å². The van der Waals surface area contributed by atoms with Crippen LogP contribution in [0.5, 0.6) is 0 Å². The van der Waals surface area contributed by atoms with Gasteiger partial charge in [-0.2, -0.15) is 0 Å². The molecule has 0 saturated carbocycles. The first-order valence-corrected chi connectivity index (χ1v) is 14.2. The van der Waals surface area contributed by atoms with Crippen LogP contribution < -0.4 is 16.0 Å². The molecule has 0 aliphatic heterocycles. The van der Waals surface area contributed by atoms with E-state index >= 15 is 0 Å². The third-order valence-corrected chi connectivity index (χ3v) is 6.99. The van der Waals surface area contributed by atoms with Gasteiger partial charge in [-0.15, -0.1) is 0 Å². The molecule has 8 nitrogen and oxygen atoms in total. The van der Waals surface area contributed by atoms with Gasteiger partial charge in [0.15, 0.2) is 0 Å². The first-order valence-electron chi connectivity index (χ1n) is 14.2. The zero-order chi connectivity index (χ0) is 29.6. The summed E-state index contributed by atoms with van der Waals surface area (Å²) < 4.78 is 5.50. The Bertz CT molecular complexity index is 1320. The van der Waals surface area contributed by atoms with Gasteiger partial charge in [0.25, 0.3) is 0 Å². The van der Waals surface area contributed by atoms with Crippen LogP contribution in [0.15, 0.2) is 115 Å². The number of carboxylic acid groups (broad SMARTS) is 1. The molecular formula is C34H38N4O4. The van der Waals surface area contributed by atoms with E-state index in [1.807, 2.05) is 85.8 Å². The van der Waals surface area contributed by atoms with Crippen molar-refractivity contribution in [1.82, 2.24) is 20.9 Å². The smallest absolute Gasteiger partial charge is 0.408 e. The molecule has 8 heteroatoms. The molecule has 0 radical (unpaired) electrons. The maximum atomic E-state index is 12.9. The fourth-order valence-electron chi connectivity index (χ4n) is 4.87. The molecule has 1 amide bonds. The van der Waals surface area contributed by atoms with Gasteiger partial charge in [-0.1, -0.05) is 97.1 Å². The molecule has 0 bridgehead atoms. The highest BCUT2D eigenvalue weighted by Crippen LogP contribution is 2.24. The lowest BCUT2D eigenvalue weighted by atomic mass is 9.91. The lowest BCUT2D eigenvalue weighted by Gasteiger charge is -2.28.